The van der Waals surface area contributed by atoms with Crippen LogP contribution in [-0.4, -0.2) is 29.8 Å². The average Bonchev–Trinajstić information content (AvgIpc) is 3.23. The summed E-state index contributed by atoms with van der Waals surface area (Å²) in [6.07, 6.45) is 4.09. The second-order valence-corrected chi connectivity index (χ2v) is 8.72. The highest BCUT2D eigenvalue weighted by Gasteiger charge is 2.25. The number of aromatic nitrogens is 5. The summed E-state index contributed by atoms with van der Waals surface area (Å²) >= 11 is 0. The van der Waals surface area contributed by atoms with Crippen molar-refractivity contribution in [3.63, 3.8) is 0 Å². The minimum atomic E-state index is -0.0870. The van der Waals surface area contributed by atoms with Gasteiger partial charge < -0.3 is 0 Å². The van der Waals surface area contributed by atoms with Crippen molar-refractivity contribution in [1.29, 1.82) is 0 Å². The van der Waals surface area contributed by atoms with Crippen molar-refractivity contribution >= 4 is 17.1 Å². The van der Waals surface area contributed by atoms with Crippen LogP contribution in [0.2, 0.25) is 0 Å². The molecule has 4 rings (SSSR count). The minimum absolute atomic E-state index is 0.0870. The quantitative estimate of drug-likeness (QED) is 0.377. The molecule has 0 aromatic carbocycles. The molecule has 162 valence electrons. The molecule has 0 unspecified atom stereocenters. The van der Waals surface area contributed by atoms with E-state index in [0.717, 1.165) is 47.0 Å². The maximum absolute atomic E-state index is 12.8. The lowest BCUT2D eigenvalue weighted by molar-refractivity contribution is 0.0940. The van der Waals surface area contributed by atoms with Crippen LogP contribution < -0.4 is 0 Å². The second-order valence-electron chi connectivity index (χ2n) is 8.72. The van der Waals surface area contributed by atoms with E-state index in [-0.39, 0.29) is 11.7 Å². The first-order valence-electron chi connectivity index (χ1n) is 11.2. The number of rotatable bonds is 6. The van der Waals surface area contributed by atoms with Crippen LogP contribution in [0.4, 0.5) is 0 Å². The third kappa shape index (κ3) is 3.34. The summed E-state index contributed by atoms with van der Waals surface area (Å²) in [5, 5.41) is 4.84. The standard InChI is InChI=1S/C25H31N5O/c1-8-18(9-2)20-13-15(5)28-30-22(17(7)27-25(20)30)21-16(6)26-24-19(23(31)14(3)4)11-10-12-29(21)24/h10-14,18H,8-9H2,1-7H3. The molecular weight excluding hydrogens is 386 g/mol. The van der Waals surface area contributed by atoms with E-state index in [1.807, 2.05) is 61.9 Å². The molecule has 0 aliphatic carbocycles. The summed E-state index contributed by atoms with van der Waals surface area (Å²) in [6.45, 7) is 14.3. The van der Waals surface area contributed by atoms with Crippen LogP contribution in [0.15, 0.2) is 24.4 Å². The van der Waals surface area contributed by atoms with E-state index in [2.05, 4.69) is 19.9 Å². The zero-order valence-electron chi connectivity index (χ0n) is 19.5. The number of pyridine rings is 1. The van der Waals surface area contributed by atoms with Gasteiger partial charge in [-0.05, 0) is 57.7 Å². The molecule has 0 fully saturated rings. The molecule has 4 heterocycles. The topological polar surface area (TPSA) is 64.6 Å². The predicted molar refractivity (Wildman–Crippen MR) is 124 cm³/mol. The van der Waals surface area contributed by atoms with Crippen molar-refractivity contribution in [2.75, 3.05) is 0 Å². The van der Waals surface area contributed by atoms with E-state index in [0.29, 0.717) is 17.1 Å². The Bertz CT molecular complexity index is 1290. The number of nitrogens with zero attached hydrogens (tertiary/aromatic N) is 5. The molecule has 0 N–H and O–H groups in total. The first kappa shape index (κ1) is 21.2. The van der Waals surface area contributed by atoms with Gasteiger partial charge in [0, 0.05) is 17.7 Å². The number of hydrogen-bond donors (Lipinski definition) is 0. The molecule has 4 aromatic heterocycles. The van der Waals surface area contributed by atoms with Crippen molar-refractivity contribution in [2.24, 2.45) is 5.92 Å². The lowest BCUT2D eigenvalue weighted by atomic mass is 9.95. The Morgan fingerprint density at radius 2 is 1.65 bits per heavy atom. The Labute approximate surface area is 183 Å². The van der Waals surface area contributed by atoms with Gasteiger partial charge in [0.1, 0.15) is 11.3 Å². The average molecular weight is 418 g/mol. The fourth-order valence-corrected chi connectivity index (χ4v) is 4.55. The Kier molecular flexibility index (Phi) is 5.42. The van der Waals surface area contributed by atoms with Crippen molar-refractivity contribution in [2.45, 2.75) is 67.2 Å². The highest BCUT2D eigenvalue weighted by molar-refractivity contribution is 6.03. The van der Waals surface area contributed by atoms with Gasteiger partial charge in [-0.3, -0.25) is 9.20 Å². The van der Waals surface area contributed by atoms with Gasteiger partial charge in [-0.2, -0.15) is 5.10 Å². The number of carbonyl (C=O) groups is 1. The van der Waals surface area contributed by atoms with Gasteiger partial charge in [-0.15, -0.1) is 0 Å². The van der Waals surface area contributed by atoms with Crippen LogP contribution in [0.3, 0.4) is 0 Å². The summed E-state index contributed by atoms with van der Waals surface area (Å²) in [6, 6.07) is 5.95. The number of hydrogen-bond acceptors (Lipinski definition) is 4. The zero-order valence-corrected chi connectivity index (χ0v) is 19.5. The number of imidazole rings is 2. The summed E-state index contributed by atoms with van der Waals surface area (Å²) < 4.78 is 3.99. The van der Waals surface area contributed by atoms with Gasteiger partial charge in [-0.1, -0.05) is 27.7 Å². The second kappa shape index (κ2) is 7.91. The third-order valence-corrected chi connectivity index (χ3v) is 6.17. The number of aryl methyl sites for hydroxylation is 3. The van der Waals surface area contributed by atoms with E-state index < -0.39 is 0 Å². The molecule has 0 saturated heterocycles. The van der Waals surface area contributed by atoms with E-state index in [4.69, 9.17) is 15.1 Å². The smallest absolute Gasteiger partial charge is 0.169 e. The van der Waals surface area contributed by atoms with Crippen molar-refractivity contribution in [3.05, 3.63) is 52.6 Å². The largest absolute Gasteiger partial charge is 0.297 e. The molecule has 0 aliphatic heterocycles. The normalized spacial score (nSPS) is 12.0. The van der Waals surface area contributed by atoms with Crippen LogP contribution in [-0.2, 0) is 0 Å². The summed E-state index contributed by atoms with van der Waals surface area (Å²) in [4.78, 5) is 22.6. The monoisotopic (exact) mass is 417 g/mol. The fourth-order valence-electron chi connectivity index (χ4n) is 4.55. The van der Waals surface area contributed by atoms with Crippen LogP contribution in [0.25, 0.3) is 22.7 Å². The van der Waals surface area contributed by atoms with Gasteiger partial charge in [0.25, 0.3) is 0 Å². The van der Waals surface area contributed by atoms with E-state index in [1.54, 1.807) is 0 Å². The third-order valence-electron chi connectivity index (χ3n) is 6.17. The zero-order chi connectivity index (χ0) is 22.4. The summed E-state index contributed by atoms with van der Waals surface area (Å²) in [5.74, 6) is 0.454. The lowest BCUT2D eigenvalue weighted by Gasteiger charge is -2.15. The highest BCUT2D eigenvalue weighted by atomic mass is 16.1. The van der Waals surface area contributed by atoms with Crippen LogP contribution >= 0.6 is 0 Å². The minimum Gasteiger partial charge on any atom is -0.297 e. The molecule has 0 spiro atoms. The van der Waals surface area contributed by atoms with Crippen LogP contribution in [0.1, 0.15) is 79.5 Å². The molecule has 31 heavy (non-hydrogen) atoms. The Hall–Kier alpha value is -3.02. The fraction of sp³-hybridized carbons (Fsp3) is 0.440. The van der Waals surface area contributed by atoms with Crippen molar-refractivity contribution in [1.82, 2.24) is 24.0 Å². The lowest BCUT2D eigenvalue weighted by Crippen LogP contribution is -2.09. The molecule has 4 aromatic rings. The molecule has 0 atom stereocenters. The molecule has 0 aliphatic rings. The van der Waals surface area contributed by atoms with Gasteiger partial charge in [0.05, 0.1) is 28.3 Å². The first-order chi connectivity index (χ1) is 14.8. The van der Waals surface area contributed by atoms with Gasteiger partial charge in [0.2, 0.25) is 0 Å². The number of fused-ring (bicyclic) bond motifs is 2. The van der Waals surface area contributed by atoms with E-state index in [9.17, 15) is 4.79 Å². The molecule has 0 bridgehead atoms. The van der Waals surface area contributed by atoms with Gasteiger partial charge >= 0.3 is 0 Å². The molecule has 6 nitrogen and oxygen atoms in total. The van der Waals surface area contributed by atoms with Crippen molar-refractivity contribution in [3.8, 4) is 11.4 Å². The maximum Gasteiger partial charge on any atom is 0.169 e. The Morgan fingerprint density at radius 1 is 1.00 bits per heavy atom. The first-order valence-corrected chi connectivity index (χ1v) is 11.2. The summed E-state index contributed by atoms with van der Waals surface area (Å²) in [7, 11) is 0. The number of ketones is 1. The molecular formula is C25H31N5O. The predicted octanol–water partition coefficient (Wildman–Crippen LogP) is 5.71. The Balaban J connectivity index is 2.05. The van der Waals surface area contributed by atoms with Crippen LogP contribution in [0, 0.1) is 26.7 Å². The number of Topliss-reactive ketones (excluding diaryl/α,β-unsaturated/α-hetero) is 1. The van der Waals surface area contributed by atoms with E-state index >= 15 is 0 Å². The van der Waals surface area contributed by atoms with Gasteiger partial charge in [0.15, 0.2) is 11.4 Å². The molecule has 6 heteroatoms. The molecule has 0 saturated carbocycles. The summed E-state index contributed by atoms with van der Waals surface area (Å²) in [5.41, 5.74) is 8.12. The number of carbonyl (C=O) groups excluding carboxylic acids is 1. The molecule has 0 radical (unpaired) electrons. The highest BCUT2D eigenvalue weighted by Crippen LogP contribution is 2.33. The van der Waals surface area contributed by atoms with Gasteiger partial charge in [-0.25, -0.2) is 14.5 Å². The molecule has 0 amide bonds. The van der Waals surface area contributed by atoms with Crippen molar-refractivity contribution < 1.29 is 4.79 Å². The maximum atomic E-state index is 12.8. The van der Waals surface area contributed by atoms with E-state index in [1.165, 1.54) is 5.56 Å². The van der Waals surface area contributed by atoms with Crippen LogP contribution in [0.5, 0.6) is 0 Å². The SMILES string of the molecule is CCC(CC)c1cc(C)nn2c(-c3c(C)nc4c(C(=O)C(C)C)cccn34)c(C)nc12. The Morgan fingerprint density at radius 3 is 2.29 bits per heavy atom.